The van der Waals surface area contributed by atoms with Crippen molar-refractivity contribution in [3.8, 4) is 28.7 Å². The molecule has 3 heterocycles. The Labute approximate surface area is 220 Å². The van der Waals surface area contributed by atoms with Gasteiger partial charge in [-0.3, -0.25) is 0 Å². The molecule has 0 saturated heterocycles. The summed E-state index contributed by atoms with van der Waals surface area (Å²) in [7, 11) is 0. The zero-order valence-corrected chi connectivity index (χ0v) is 20.7. The van der Waals surface area contributed by atoms with Gasteiger partial charge < -0.3 is 13.7 Å². The number of pyridine rings is 1. The van der Waals surface area contributed by atoms with Gasteiger partial charge in [-0.1, -0.05) is 46.5 Å². The van der Waals surface area contributed by atoms with Gasteiger partial charge in [-0.2, -0.15) is 18.2 Å². The number of rotatable bonds is 5. The molecule has 1 fully saturated rings. The fourth-order valence-corrected chi connectivity index (χ4v) is 4.67. The van der Waals surface area contributed by atoms with Crippen LogP contribution in [-0.4, -0.2) is 32.1 Å². The molecule has 0 radical (unpaired) electrons. The third kappa shape index (κ3) is 4.99. The molecule has 0 bridgehead atoms. The van der Waals surface area contributed by atoms with Crippen molar-refractivity contribution in [2.45, 2.75) is 24.9 Å². The largest absolute Gasteiger partial charge is 0.492 e. The first-order valence-electron chi connectivity index (χ1n) is 10.6. The minimum Gasteiger partial charge on any atom is -0.492 e. The van der Waals surface area contributed by atoms with Crippen molar-refractivity contribution < 1.29 is 31.2 Å². The minimum atomic E-state index is -4.59. The van der Waals surface area contributed by atoms with Crippen molar-refractivity contribution in [2.24, 2.45) is 5.92 Å². The molecule has 3 aromatic heterocycles. The minimum absolute atomic E-state index is 0.00120. The normalized spacial score (nSPS) is 17.6. The second kappa shape index (κ2) is 9.14. The summed E-state index contributed by atoms with van der Waals surface area (Å²) in [4.78, 5) is 8.40. The van der Waals surface area contributed by atoms with E-state index in [1.54, 1.807) is 0 Å². The fourth-order valence-electron chi connectivity index (χ4n) is 3.96. The monoisotopic (exact) mass is 578 g/mol. The molecule has 194 valence electrons. The first kappa shape index (κ1) is 25.7. The van der Waals surface area contributed by atoms with E-state index in [9.17, 15) is 22.0 Å². The van der Waals surface area contributed by atoms with Crippen molar-refractivity contribution in [1.29, 1.82) is 0 Å². The number of halogens is 8. The van der Waals surface area contributed by atoms with E-state index in [1.165, 1.54) is 18.3 Å². The highest BCUT2D eigenvalue weighted by Crippen LogP contribution is 2.43. The van der Waals surface area contributed by atoms with Gasteiger partial charge in [0.1, 0.15) is 11.4 Å². The average Bonchev–Trinajstić information content (AvgIpc) is 3.51. The molecule has 0 spiro atoms. The topological polar surface area (TPSA) is 65.5 Å². The third-order valence-electron chi connectivity index (χ3n) is 5.81. The van der Waals surface area contributed by atoms with E-state index >= 15 is 0 Å². The third-order valence-corrected chi connectivity index (χ3v) is 6.70. The smallest absolute Gasteiger partial charge is 0.417 e. The van der Waals surface area contributed by atoms with Crippen molar-refractivity contribution in [1.82, 2.24) is 19.5 Å². The molecule has 37 heavy (non-hydrogen) atoms. The Balaban J connectivity index is 1.37. The predicted molar refractivity (Wildman–Crippen MR) is 126 cm³/mol. The van der Waals surface area contributed by atoms with Crippen LogP contribution < -0.4 is 4.74 Å². The predicted octanol–water partition coefficient (Wildman–Crippen LogP) is 8.01. The Morgan fingerprint density at radius 2 is 1.84 bits per heavy atom. The highest BCUT2D eigenvalue weighted by Gasteiger charge is 2.43. The quantitative estimate of drug-likeness (QED) is 0.177. The van der Waals surface area contributed by atoms with Gasteiger partial charge in [0.15, 0.2) is 5.65 Å². The number of imidazole rings is 1. The maximum absolute atomic E-state index is 13.7. The molecule has 1 aliphatic rings. The molecule has 1 aliphatic carbocycles. The summed E-state index contributed by atoms with van der Waals surface area (Å²) in [6.07, 6.45) is -2.68. The van der Waals surface area contributed by atoms with Crippen molar-refractivity contribution >= 4 is 40.4 Å². The lowest BCUT2D eigenvalue weighted by molar-refractivity contribution is -0.137. The Morgan fingerprint density at radius 3 is 2.51 bits per heavy atom. The average molecular weight is 580 g/mol. The molecule has 14 heteroatoms. The van der Waals surface area contributed by atoms with Crippen LogP contribution in [0.4, 0.5) is 22.0 Å². The van der Waals surface area contributed by atoms with Crippen LogP contribution in [-0.2, 0) is 6.18 Å². The number of nitrogens with zero attached hydrogens (tertiary/aromatic N) is 4. The van der Waals surface area contributed by atoms with Crippen LogP contribution in [0.1, 0.15) is 18.4 Å². The molecule has 1 aromatic carbocycles. The van der Waals surface area contributed by atoms with Gasteiger partial charge in [0.2, 0.25) is 5.82 Å². The van der Waals surface area contributed by atoms with Crippen LogP contribution in [0.25, 0.3) is 28.6 Å². The lowest BCUT2D eigenvalue weighted by Gasteiger charge is -2.14. The fraction of sp³-hybridized carbons (Fsp3) is 0.261. The van der Waals surface area contributed by atoms with Gasteiger partial charge in [0.05, 0.1) is 32.8 Å². The Kier molecular flexibility index (Phi) is 6.36. The van der Waals surface area contributed by atoms with E-state index in [0.29, 0.717) is 0 Å². The maximum atomic E-state index is 13.7. The van der Waals surface area contributed by atoms with Crippen LogP contribution in [0, 0.1) is 5.92 Å². The second-order valence-corrected chi connectivity index (χ2v) is 9.73. The molecule has 0 N–H and O–H groups in total. The Morgan fingerprint density at radius 1 is 1.08 bits per heavy atom. The van der Waals surface area contributed by atoms with E-state index in [0.717, 1.165) is 16.7 Å². The number of hydrogen-bond acceptors (Lipinski definition) is 5. The number of aromatic nitrogens is 4. The van der Waals surface area contributed by atoms with Crippen LogP contribution in [0.15, 0.2) is 47.3 Å². The first-order valence-corrected chi connectivity index (χ1v) is 11.7. The summed E-state index contributed by atoms with van der Waals surface area (Å²) in [6, 6.07) is 3.58. The van der Waals surface area contributed by atoms with Gasteiger partial charge in [-0.15, -0.1) is 0 Å². The number of allylic oxidation sites excluding steroid dienone is 1. The van der Waals surface area contributed by atoms with E-state index in [4.69, 9.17) is 44.1 Å². The lowest BCUT2D eigenvalue weighted by Crippen LogP contribution is -2.14. The van der Waals surface area contributed by atoms with Crippen molar-refractivity contribution in [3.63, 3.8) is 0 Å². The zero-order valence-electron chi connectivity index (χ0n) is 18.4. The zero-order chi connectivity index (χ0) is 26.7. The highest BCUT2D eigenvalue weighted by atomic mass is 35.5. The number of benzene rings is 1. The number of alkyl halides is 5. The van der Waals surface area contributed by atoms with Crippen molar-refractivity contribution in [2.75, 3.05) is 6.61 Å². The van der Waals surface area contributed by atoms with Gasteiger partial charge in [0, 0.05) is 30.8 Å². The molecule has 0 amide bonds. The van der Waals surface area contributed by atoms with Gasteiger partial charge in [0.25, 0.3) is 11.8 Å². The summed E-state index contributed by atoms with van der Waals surface area (Å²) in [6.45, 7) is 3.41. The highest BCUT2D eigenvalue weighted by molar-refractivity contribution is 6.36. The molecule has 1 atom stereocenters. The first-order chi connectivity index (χ1) is 17.3. The SMILES string of the molecule is C=C1C[C@H](COc2cc(Cl)c(-c3nc(-c4cn5cc(C(F)(F)F)cc(Cl)c5n4)no3)cc2Cl)CC1(F)F. The van der Waals surface area contributed by atoms with Crippen LogP contribution >= 0.6 is 34.8 Å². The summed E-state index contributed by atoms with van der Waals surface area (Å²) >= 11 is 18.6. The number of fused-ring (bicyclic) bond motifs is 1. The van der Waals surface area contributed by atoms with Gasteiger partial charge >= 0.3 is 6.18 Å². The second-order valence-electron chi connectivity index (χ2n) is 8.51. The van der Waals surface area contributed by atoms with Crippen LogP contribution in [0.5, 0.6) is 5.75 Å². The molecular weight excluding hydrogens is 566 g/mol. The van der Waals surface area contributed by atoms with E-state index in [1.807, 2.05) is 0 Å². The summed E-state index contributed by atoms with van der Waals surface area (Å²) in [5.74, 6) is -3.22. The van der Waals surface area contributed by atoms with Gasteiger partial charge in [-0.25, -0.2) is 13.8 Å². The maximum Gasteiger partial charge on any atom is 0.417 e. The molecule has 1 saturated carbocycles. The van der Waals surface area contributed by atoms with Crippen LogP contribution in [0.3, 0.4) is 0 Å². The molecule has 5 rings (SSSR count). The van der Waals surface area contributed by atoms with E-state index < -0.39 is 23.6 Å². The Hall–Kier alpha value is -2.89. The molecule has 4 aromatic rings. The summed E-state index contributed by atoms with van der Waals surface area (Å²) in [5, 5.41) is 3.87. The van der Waals surface area contributed by atoms with E-state index in [-0.39, 0.29) is 74.5 Å². The summed E-state index contributed by atoms with van der Waals surface area (Å²) in [5.41, 5.74) is -0.644. The van der Waals surface area contributed by atoms with E-state index in [2.05, 4.69) is 21.7 Å². The Bertz CT molecular complexity index is 1530. The molecule has 6 nitrogen and oxygen atoms in total. The molecular formula is C23H14Cl3F5N4O2. The van der Waals surface area contributed by atoms with Gasteiger partial charge in [-0.05, 0) is 24.1 Å². The lowest BCUT2D eigenvalue weighted by atomic mass is 10.1. The molecule has 0 aliphatic heterocycles. The summed E-state index contributed by atoms with van der Waals surface area (Å²) < 4.78 is 78.6. The molecule has 0 unspecified atom stereocenters. The van der Waals surface area contributed by atoms with Crippen LogP contribution in [0.2, 0.25) is 15.1 Å². The standard InChI is InChI=1S/C23H14Cl3F5N4O2/c1-10-2-11(6-22(10,27)28)9-36-18-5-14(24)13(4-15(18)25)21-33-19(34-37-21)17-8-35-7-12(23(29,30)31)3-16(26)20(35)32-17/h3-5,7-8,11H,1-2,6,9H2/t11-/m0/s1. The van der Waals surface area contributed by atoms with Crippen molar-refractivity contribution in [3.05, 3.63) is 63.4 Å². The number of hydrogen-bond donors (Lipinski definition) is 0. The number of ether oxygens (including phenoxy) is 1.